The fourth-order valence-electron chi connectivity index (χ4n) is 4.65. The molecule has 0 bridgehead atoms. The largest absolute Gasteiger partial charge is 0.355 e. The number of amides is 1. The van der Waals surface area contributed by atoms with E-state index in [-0.39, 0.29) is 12.5 Å². The van der Waals surface area contributed by atoms with E-state index in [1.54, 1.807) is 16.4 Å². The normalized spacial score (nSPS) is 19.0. The summed E-state index contributed by atoms with van der Waals surface area (Å²) in [7, 11) is -3.47. The molecule has 3 heterocycles. The van der Waals surface area contributed by atoms with Gasteiger partial charge in [-0.15, -0.1) is 0 Å². The molecular formula is C23H34N4O3S. The average molecular weight is 447 g/mol. The molecule has 0 radical (unpaired) electrons. The number of aromatic nitrogens is 1. The second-order valence-electron chi connectivity index (χ2n) is 8.73. The Morgan fingerprint density at radius 2 is 1.65 bits per heavy atom. The van der Waals surface area contributed by atoms with Crippen molar-refractivity contribution in [3.8, 4) is 0 Å². The standard InChI is InChI=1S/C23H34N4O3S/c28-23(24-11-7-14-25-12-5-6-13-25)19-26-17-10-20-18-21(8-9-22(20)26)31(29,30)27-15-3-1-2-4-16-27/h8-10,17-18H,1-7,11-16,19H2,(H,24,28). The van der Waals surface area contributed by atoms with E-state index in [1.165, 1.54) is 25.9 Å². The first kappa shape index (κ1) is 22.3. The number of carbonyl (C=O) groups excluding carboxylic acids is 1. The molecule has 1 amide bonds. The Bertz CT molecular complexity index is 987. The zero-order chi connectivity index (χ0) is 21.7. The molecule has 31 heavy (non-hydrogen) atoms. The van der Waals surface area contributed by atoms with Crippen molar-refractivity contribution in [2.45, 2.75) is 56.4 Å². The Labute approximate surface area is 185 Å². The summed E-state index contributed by atoms with van der Waals surface area (Å²) >= 11 is 0. The van der Waals surface area contributed by atoms with Gasteiger partial charge in [0.15, 0.2) is 0 Å². The van der Waals surface area contributed by atoms with Crippen LogP contribution < -0.4 is 5.32 Å². The Hall–Kier alpha value is -1.90. The minimum atomic E-state index is -3.47. The van der Waals surface area contributed by atoms with Crippen molar-refractivity contribution in [3.63, 3.8) is 0 Å². The molecule has 0 unspecified atom stereocenters. The number of hydrogen-bond donors (Lipinski definition) is 1. The average Bonchev–Trinajstić information content (AvgIpc) is 3.33. The first-order valence-electron chi connectivity index (χ1n) is 11.6. The molecule has 8 heteroatoms. The second-order valence-corrected chi connectivity index (χ2v) is 10.7. The van der Waals surface area contributed by atoms with Crippen LogP contribution in [-0.2, 0) is 21.4 Å². The van der Waals surface area contributed by atoms with E-state index in [4.69, 9.17) is 0 Å². The van der Waals surface area contributed by atoms with Gasteiger partial charge in [0.1, 0.15) is 6.54 Å². The molecule has 1 aromatic heterocycles. The third kappa shape index (κ3) is 5.48. The van der Waals surface area contributed by atoms with Gasteiger partial charge >= 0.3 is 0 Å². The van der Waals surface area contributed by atoms with Gasteiger partial charge in [-0.25, -0.2) is 8.42 Å². The van der Waals surface area contributed by atoms with Crippen molar-refractivity contribution in [1.82, 2.24) is 19.1 Å². The summed E-state index contributed by atoms with van der Waals surface area (Å²) in [6.07, 6.45) is 9.42. The molecule has 0 saturated carbocycles. The first-order valence-corrected chi connectivity index (χ1v) is 13.1. The lowest BCUT2D eigenvalue weighted by Gasteiger charge is -2.20. The van der Waals surface area contributed by atoms with Crippen LogP contribution in [0.15, 0.2) is 35.4 Å². The van der Waals surface area contributed by atoms with Gasteiger partial charge in [0.05, 0.1) is 4.90 Å². The summed E-state index contributed by atoms with van der Waals surface area (Å²) in [6, 6.07) is 7.12. The topological polar surface area (TPSA) is 74.6 Å². The van der Waals surface area contributed by atoms with E-state index in [0.29, 0.717) is 24.5 Å². The highest BCUT2D eigenvalue weighted by atomic mass is 32.2. The van der Waals surface area contributed by atoms with Gasteiger partial charge in [-0.1, -0.05) is 12.8 Å². The minimum Gasteiger partial charge on any atom is -0.355 e. The number of likely N-dealkylation sites (tertiary alicyclic amines) is 1. The van der Waals surface area contributed by atoms with Crippen LogP contribution in [0, 0.1) is 0 Å². The highest BCUT2D eigenvalue weighted by molar-refractivity contribution is 7.89. The molecule has 170 valence electrons. The Morgan fingerprint density at radius 3 is 2.39 bits per heavy atom. The molecule has 0 spiro atoms. The summed E-state index contributed by atoms with van der Waals surface area (Å²) < 4.78 is 29.6. The maximum atomic E-state index is 13.1. The van der Waals surface area contributed by atoms with Crippen LogP contribution in [0.3, 0.4) is 0 Å². The molecule has 0 atom stereocenters. The van der Waals surface area contributed by atoms with Crippen LogP contribution >= 0.6 is 0 Å². The Kier molecular flexibility index (Phi) is 7.30. The molecule has 2 saturated heterocycles. The fourth-order valence-corrected chi connectivity index (χ4v) is 6.21. The monoisotopic (exact) mass is 446 g/mol. The van der Waals surface area contributed by atoms with Crippen molar-refractivity contribution in [3.05, 3.63) is 30.5 Å². The van der Waals surface area contributed by atoms with Gasteiger partial charge in [-0.2, -0.15) is 4.31 Å². The van der Waals surface area contributed by atoms with Crippen molar-refractivity contribution in [2.24, 2.45) is 0 Å². The zero-order valence-electron chi connectivity index (χ0n) is 18.3. The molecule has 7 nitrogen and oxygen atoms in total. The van der Waals surface area contributed by atoms with Gasteiger partial charge in [0, 0.05) is 36.7 Å². The van der Waals surface area contributed by atoms with Gasteiger partial charge in [0.25, 0.3) is 0 Å². The van der Waals surface area contributed by atoms with Gasteiger partial charge in [-0.3, -0.25) is 4.79 Å². The van der Waals surface area contributed by atoms with E-state index in [0.717, 1.165) is 49.6 Å². The van der Waals surface area contributed by atoms with Gasteiger partial charge in [0.2, 0.25) is 15.9 Å². The fraction of sp³-hybridized carbons (Fsp3) is 0.609. The Balaban J connectivity index is 1.36. The summed E-state index contributed by atoms with van der Waals surface area (Å²) in [5, 5.41) is 3.85. The van der Waals surface area contributed by atoms with Crippen LogP contribution in [0.1, 0.15) is 44.9 Å². The third-order valence-corrected chi connectivity index (χ3v) is 8.33. The highest BCUT2D eigenvalue weighted by Gasteiger charge is 2.25. The maximum absolute atomic E-state index is 13.1. The summed E-state index contributed by atoms with van der Waals surface area (Å²) in [6.45, 7) is 5.52. The van der Waals surface area contributed by atoms with E-state index < -0.39 is 10.0 Å². The molecular weight excluding hydrogens is 412 g/mol. The molecule has 2 aromatic rings. The smallest absolute Gasteiger partial charge is 0.243 e. The number of hydrogen-bond acceptors (Lipinski definition) is 4. The molecule has 0 aliphatic carbocycles. The lowest BCUT2D eigenvalue weighted by Crippen LogP contribution is -2.32. The SMILES string of the molecule is O=C(Cn1ccc2cc(S(=O)(=O)N3CCCCCC3)ccc21)NCCCN1CCCC1. The number of fused-ring (bicyclic) bond motifs is 1. The van der Waals surface area contributed by atoms with Crippen molar-refractivity contribution in [2.75, 3.05) is 39.3 Å². The van der Waals surface area contributed by atoms with Gasteiger partial charge < -0.3 is 14.8 Å². The van der Waals surface area contributed by atoms with Crippen LogP contribution in [0.5, 0.6) is 0 Å². The number of carbonyl (C=O) groups is 1. The third-order valence-electron chi connectivity index (χ3n) is 6.43. The summed E-state index contributed by atoms with van der Waals surface area (Å²) in [5.74, 6) is -0.0137. The predicted octanol–water partition coefficient (Wildman–Crippen LogP) is 2.81. The van der Waals surface area contributed by atoms with Crippen LogP contribution in [-0.4, -0.2) is 67.4 Å². The zero-order valence-corrected chi connectivity index (χ0v) is 19.1. The quantitative estimate of drug-likeness (QED) is 0.633. The number of nitrogens with one attached hydrogen (secondary N) is 1. The lowest BCUT2D eigenvalue weighted by molar-refractivity contribution is -0.121. The minimum absolute atomic E-state index is 0.0137. The number of sulfonamides is 1. The van der Waals surface area contributed by atoms with Crippen LogP contribution in [0.4, 0.5) is 0 Å². The van der Waals surface area contributed by atoms with Crippen LogP contribution in [0.25, 0.3) is 10.9 Å². The molecule has 2 fully saturated rings. The highest BCUT2D eigenvalue weighted by Crippen LogP contribution is 2.25. The molecule has 2 aliphatic heterocycles. The molecule has 2 aliphatic rings. The van der Waals surface area contributed by atoms with Crippen molar-refractivity contribution < 1.29 is 13.2 Å². The maximum Gasteiger partial charge on any atom is 0.243 e. The van der Waals surface area contributed by atoms with Crippen molar-refractivity contribution >= 4 is 26.8 Å². The van der Waals surface area contributed by atoms with E-state index in [9.17, 15) is 13.2 Å². The molecule has 1 aromatic carbocycles. The summed E-state index contributed by atoms with van der Waals surface area (Å²) in [5.41, 5.74) is 0.877. The summed E-state index contributed by atoms with van der Waals surface area (Å²) in [4.78, 5) is 15.2. The van der Waals surface area contributed by atoms with E-state index in [1.807, 2.05) is 22.9 Å². The second kappa shape index (κ2) is 10.1. The Morgan fingerprint density at radius 1 is 0.935 bits per heavy atom. The predicted molar refractivity (Wildman–Crippen MR) is 122 cm³/mol. The molecule has 4 rings (SSSR count). The van der Waals surface area contributed by atoms with E-state index >= 15 is 0 Å². The number of rotatable bonds is 8. The molecule has 1 N–H and O–H groups in total. The first-order chi connectivity index (χ1) is 15.0. The van der Waals surface area contributed by atoms with Crippen molar-refractivity contribution in [1.29, 1.82) is 0 Å². The van der Waals surface area contributed by atoms with Gasteiger partial charge in [-0.05, 0) is 76.0 Å². The lowest BCUT2D eigenvalue weighted by atomic mass is 10.2. The number of nitrogens with zero attached hydrogens (tertiary/aromatic N) is 3. The number of benzene rings is 1. The van der Waals surface area contributed by atoms with E-state index in [2.05, 4.69) is 10.2 Å². The van der Waals surface area contributed by atoms with Crippen LogP contribution in [0.2, 0.25) is 0 Å².